The predicted molar refractivity (Wildman–Crippen MR) is 83.8 cm³/mol. The molecule has 108 valence electrons. The molecule has 1 heterocycles. The summed E-state index contributed by atoms with van der Waals surface area (Å²) in [5.41, 5.74) is 1.33. The molecule has 0 spiro atoms. The third-order valence-electron chi connectivity index (χ3n) is 4.03. The first-order chi connectivity index (χ1) is 9.74. The number of rotatable bonds is 4. The van der Waals surface area contributed by atoms with Crippen molar-refractivity contribution in [3.63, 3.8) is 0 Å². The second-order valence-corrected chi connectivity index (χ2v) is 7.23. The van der Waals surface area contributed by atoms with Crippen molar-refractivity contribution in [2.75, 3.05) is 18.8 Å². The van der Waals surface area contributed by atoms with Crippen LogP contribution in [0.2, 0.25) is 0 Å². The van der Waals surface area contributed by atoms with Crippen molar-refractivity contribution in [2.24, 2.45) is 0 Å². The molecule has 1 aromatic rings. The van der Waals surface area contributed by atoms with E-state index in [1.807, 2.05) is 17.8 Å². The Kier molecular flexibility index (Phi) is 4.32. The van der Waals surface area contributed by atoms with Gasteiger partial charge >= 0.3 is 0 Å². The number of hydrogen-bond donors (Lipinski definition) is 1. The highest BCUT2D eigenvalue weighted by Gasteiger charge is 2.32. The highest BCUT2D eigenvalue weighted by molar-refractivity contribution is 8.00. The van der Waals surface area contributed by atoms with Crippen LogP contribution in [0.3, 0.4) is 0 Å². The van der Waals surface area contributed by atoms with Crippen LogP contribution in [0.4, 0.5) is 0 Å². The van der Waals surface area contributed by atoms with Gasteiger partial charge in [0.15, 0.2) is 0 Å². The van der Waals surface area contributed by atoms with Crippen LogP contribution in [-0.4, -0.2) is 40.9 Å². The van der Waals surface area contributed by atoms with Crippen molar-refractivity contribution in [3.8, 4) is 0 Å². The molecular weight excluding hydrogens is 268 g/mol. The number of hydrogen-bond acceptors (Lipinski definition) is 3. The molecule has 0 bridgehead atoms. The van der Waals surface area contributed by atoms with E-state index < -0.39 is 0 Å². The van der Waals surface area contributed by atoms with Crippen molar-refractivity contribution in [1.82, 2.24) is 10.2 Å². The summed E-state index contributed by atoms with van der Waals surface area (Å²) in [6, 6.07) is 11.4. The van der Waals surface area contributed by atoms with Gasteiger partial charge in [0, 0.05) is 29.6 Å². The summed E-state index contributed by atoms with van der Waals surface area (Å²) in [7, 11) is 0. The van der Waals surface area contributed by atoms with Gasteiger partial charge in [0.2, 0.25) is 5.91 Å². The first kappa shape index (κ1) is 14.0. The van der Waals surface area contributed by atoms with E-state index in [1.54, 1.807) is 0 Å². The summed E-state index contributed by atoms with van der Waals surface area (Å²) in [5, 5.41) is 3.63. The second kappa shape index (κ2) is 6.19. The maximum absolute atomic E-state index is 12.1. The van der Waals surface area contributed by atoms with E-state index in [9.17, 15) is 4.79 Å². The first-order valence-corrected chi connectivity index (χ1v) is 8.49. The average molecular weight is 290 g/mol. The summed E-state index contributed by atoms with van der Waals surface area (Å²) in [6.45, 7) is 3.79. The summed E-state index contributed by atoms with van der Waals surface area (Å²) >= 11 is 2.00. The van der Waals surface area contributed by atoms with Gasteiger partial charge in [0.1, 0.15) is 0 Å². The van der Waals surface area contributed by atoms with Crippen LogP contribution in [0, 0.1) is 0 Å². The standard InChI is InChI=1S/C16H22N2OS/c1-12-16(13-5-3-2-4-6-13)18(9-10-20-12)11-15(19)17-14-7-8-14/h2-6,12,14,16H,7-11H2,1H3,(H,17,19). The second-order valence-electron chi connectivity index (χ2n) is 5.74. The van der Waals surface area contributed by atoms with Crippen molar-refractivity contribution in [1.29, 1.82) is 0 Å². The zero-order valence-corrected chi connectivity index (χ0v) is 12.7. The zero-order chi connectivity index (χ0) is 13.9. The number of carbonyl (C=O) groups excluding carboxylic acids is 1. The molecule has 1 saturated carbocycles. The van der Waals surface area contributed by atoms with Crippen LogP contribution in [0.25, 0.3) is 0 Å². The Balaban J connectivity index is 1.70. The number of benzene rings is 1. The SMILES string of the molecule is CC1SCCN(CC(=O)NC2CC2)C1c1ccccc1. The Hall–Kier alpha value is -1.00. The highest BCUT2D eigenvalue weighted by Crippen LogP contribution is 2.35. The largest absolute Gasteiger partial charge is 0.352 e. The molecule has 3 rings (SSSR count). The molecule has 1 N–H and O–H groups in total. The number of nitrogens with one attached hydrogen (secondary N) is 1. The van der Waals surface area contributed by atoms with E-state index in [1.165, 1.54) is 5.56 Å². The summed E-state index contributed by atoms with van der Waals surface area (Å²) in [6.07, 6.45) is 2.31. The topological polar surface area (TPSA) is 32.3 Å². The number of thioether (sulfide) groups is 1. The molecule has 1 aliphatic carbocycles. The van der Waals surface area contributed by atoms with E-state index >= 15 is 0 Å². The first-order valence-electron chi connectivity index (χ1n) is 7.44. The summed E-state index contributed by atoms with van der Waals surface area (Å²) < 4.78 is 0. The van der Waals surface area contributed by atoms with Crippen molar-refractivity contribution in [2.45, 2.75) is 37.1 Å². The molecule has 2 unspecified atom stereocenters. The third-order valence-corrected chi connectivity index (χ3v) is 5.23. The molecule has 2 fully saturated rings. The average Bonchev–Trinajstić information content (AvgIpc) is 3.23. The molecule has 3 nitrogen and oxygen atoms in total. The molecule has 1 aromatic carbocycles. The maximum Gasteiger partial charge on any atom is 0.234 e. The van der Waals surface area contributed by atoms with E-state index in [-0.39, 0.29) is 5.91 Å². The van der Waals surface area contributed by atoms with Crippen LogP contribution >= 0.6 is 11.8 Å². The Morgan fingerprint density at radius 1 is 1.35 bits per heavy atom. The molecule has 20 heavy (non-hydrogen) atoms. The van der Waals surface area contributed by atoms with Crippen molar-refractivity contribution in [3.05, 3.63) is 35.9 Å². The fraction of sp³-hybridized carbons (Fsp3) is 0.562. The van der Waals surface area contributed by atoms with Crippen LogP contribution in [0.5, 0.6) is 0 Å². The smallest absolute Gasteiger partial charge is 0.234 e. The van der Waals surface area contributed by atoms with Crippen molar-refractivity contribution < 1.29 is 4.79 Å². The molecule has 0 aromatic heterocycles. The minimum absolute atomic E-state index is 0.188. The maximum atomic E-state index is 12.1. The lowest BCUT2D eigenvalue weighted by molar-refractivity contribution is -0.123. The molecular formula is C16H22N2OS. The lowest BCUT2D eigenvalue weighted by Crippen LogP contribution is -2.46. The molecule has 2 aliphatic rings. The van der Waals surface area contributed by atoms with Crippen LogP contribution < -0.4 is 5.32 Å². The minimum atomic E-state index is 0.188. The van der Waals surface area contributed by atoms with Gasteiger partial charge in [0.25, 0.3) is 0 Å². The molecule has 1 aliphatic heterocycles. The normalized spacial score (nSPS) is 27.2. The Morgan fingerprint density at radius 2 is 2.10 bits per heavy atom. The zero-order valence-electron chi connectivity index (χ0n) is 11.9. The molecule has 4 heteroatoms. The Morgan fingerprint density at radius 3 is 2.80 bits per heavy atom. The predicted octanol–water partition coefficient (Wildman–Crippen LogP) is 2.44. The van der Waals surface area contributed by atoms with E-state index in [0.29, 0.717) is 23.9 Å². The van der Waals surface area contributed by atoms with Crippen LogP contribution in [0.15, 0.2) is 30.3 Å². The summed E-state index contributed by atoms with van der Waals surface area (Å²) in [5.74, 6) is 1.30. The quantitative estimate of drug-likeness (QED) is 0.924. The van der Waals surface area contributed by atoms with Crippen LogP contribution in [0.1, 0.15) is 31.4 Å². The fourth-order valence-corrected chi connectivity index (χ4v) is 4.10. The molecule has 1 amide bonds. The molecule has 1 saturated heterocycles. The van der Waals surface area contributed by atoms with E-state index in [4.69, 9.17) is 0 Å². The highest BCUT2D eigenvalue weighted by atomic mass is 32.2. The van der Waals surface area contributed by atoms with Crippen molar-refractivity contribution >= 4 is 17.7 Å². The summed E-state index contributed by atoms with van der Waals surface area (Å²) in [4.78, 5) is 14.4. The van der Waals surface area contributed by atoms with Gasteiger partial charge in [-0.25, -0.2) is 0 Å². The number of carbonyl (C=O) groups is 1. The van der Waals surface area contributed by atoms with Gasteiger partial charge in [0.05, 0.1) is 6.54 Å². The van der Waals surface area contributed by atoms with E-state index in [0.717, 1.165) is 25.1 Å². The van der Waals surface area contributed by atoms with Crippen LogP contribution in [-0.2, 0) is 4.79 Å². The Bertz CT molecular complexity index is 461. The lowest BCUT2D eigenvalue weighted by atomic mass is 10.0. The van der Waals surface area contributed by atoms with Gasteiger partial charge in [-0.2, -0.15) is 11.8 Å². The van der Waals surface area contributed by atoms with Gasteiger partial charge in [-0.05, 0) is 18.4 Å². The number of nitrogens with zero attached hydrogens (tertiary/aromatic N) is 1. The van der Waals surface area contributed by atoms with Gasteiger partial charge < -0.3 is 5.32 Å². The minimum Gasteiger partial charge on any atom is -0.352 e. The molecule has 2 atom stereocenters. The van der Waals surface area contributed by atoms with Gasteiger partial charge in [-0.15, -0.1) is 0 Å². The molecule has 0 radical (unpaired) electrons. The number of amides is 1. The third kappa shape index (κ3) is 3.36. The van der Waals surface area contributed by atoms with Gasteiger partial charge in [-0.1, -0.05) is 37.3 Å². The fourth-order valence-electron chi connectivity index (χ4n) is 2.88. The van der Waals surface area contributed by atoms with Gasteiger partial charge in [-0.3, -0.25) is 9.69 Å². The lowest BCUT2D eigenvalue weighted by Gasteiger charge is -2.39. The Labute approximate surface area is 125 Å². The monoisotopic (exact) mass is 290 g/mol. The van der Waals surface area contributed by atoms with E-state index in [2.05, 4.69) is 41.4 Å².